The zero-order valence-corrected chi connectivity index (χ0v) is 9.31. The van der Waals surface area contributed by atoms with Gasteiger partial charge in [-0.3, -0.25) is 4.79 Å². The van der Waals surface area contributed by atoms with Crippen LogP contribution in [0.5, 0.6) is 0 Å². The van der Waals surface area contributed by atoms with Crippen LogP contribution in [0.3, 0.4) is 0 Å². The standard InChI is InChI=1S/C13H14N2O/c1-15(12-7-4-8-13(12)16)11-6-3-2-5-10(11)9-14/h2-3,5-6,12H,4,7-8H2,1H3. The summed E-state index contributed by atoms with van der Waals surface area (Å²) in [5, 5.41) is 9.01. The van der Waals surface area contributed by atoms with Crippen molar-refractivity contribution in [1.29, 1.82) is 5.26 Å². The number of anilines is 1. The fraction of sp³-hybridized carbons (Fsp3) is 0.385. The zero-order valence-electron chi connectivity index (χ0n) is 9.31. The van der Waals surface area contributed by atoms with E-state index < -0.39 is 0 Å². The van der Waals surface area contributed by atoms with Crippen LogP contribution in [-0.2, 0) is 4.79 Å². The summed E-state index contributed by atoms with van der Waals surface area (Å²) in [5.74, 6) is 0.287. The third kappa shape index (κ3) is 1.79. The summed E-state index contributed by atoms with van der Waals surface area (Å²) in [6.07, 6.45) is 2.53. The first-order valence-corrected chi connectivity index (χ1v) is 5.48. The smallest absolute Gasteiger partial charge is 0.155 e. The van der Waals surface area contributed by atoms with E-state index in [1.165, 1.54) is 0 Å². The van der Waals surface area contributed by atoms with Gasteiger partial charge in [-0.15, -0.1) is 0 Å². The number of Topliss-reactive ketones (excluding diaryl/α,β-unsaturated/α-hetero) is 1. The van der Waals surface area contributed by atoms with E-state index in [1.807, 2.05) is 30.1 Å². The van der Waals surface area contributed by atoms with Crippen molar-refractivity contribution in [1.82, 2.24) is 0 Å². The summed E-state index contributed by atoms with van der Waals surface area (Å²) >= 11 is 0. The van der Waals surface area contributed by atoms with E-state index in [-0.39, 0.29) is 11.8 Å². The first kappa shape index (κ1) is 10.7. The molecule has 16 heavy (non-hydrogen) atoms. The van der Waals surface area contributed by atoms with Gasteiger partial charge in [0.2, 0.25) is 0 Å². The Kier molecular flexibility index (Phi) is 2.91. The molecule has 1 atom stereocenters. The first-order chi connectivity index (χ1) is 7.74. The zero-order chi connectivity index (χ0) is 11.5. The molecular weight excluding hydrogens is 200 g/mol. The van der Waals surface area contributed by atoms with Crippen molar-refractivity contribution < 1.29 is 4.79 Å². The molecule has 1 aromatic rings. The quantitative estimate of drug-likeness (QED) is 0.757. The van der Waals surface area contributed by atoms with Crippen molar-refractivity contribution in [3.8, 4) is 6.07 Å². The van der Waals surface area contributed by atoms with E-state index in [1.54, 1.807) is 6.07 Å². The van der Waals surface area contributed by atoms with Gasteiger partial charge >= 0.3 is 0 Å². The van der Waals surface area contributed by atoms with Gasteiger partial charge in [0.15, 0.2) is 5.78 Å². The molecule has 3 nitrogen and oxygen atoms in total. The molecule has 0 heterocycles. The molecule has 2 rings (SSSR count). The molecule has 0 amide bonds. The summed E-state index contributed by atoms with van der Waals surface area (Å²) < 4.78 is 0. The number of ketones is 1. The lowest BCUT2D eigenvalue weighted by Gasteiger charge is -2.26. The fourth-order valence-electron chi connectivity index (χ4n) is 2.25. The van der Waals surface area contributed by atoms with Gasteiger partial charge in [-0.05, 0) is 25.0 Å². The lowest BCUT2D eigenvalue weighted by molar-refractivity contribution is -0.118. The molecule has 1 aliphatic carbocycles. The Labute approximate surface area is 95.3 Å². The fourth-order valence-corrected chi connectivity index (χ4v) is 2.25. The molecule has 1 aliphatic rings. The van der Waals surface area contributed by atoms with Crippen LogP contribution in [0.25, 0.3) is 0 Å². The van der Waals surface area contributed by atoms with Crippen molar-refractivity contribution in [2.24, 2.45) is 0 Å². The SMILES string of the molecule is CN(c1ccccc1C#N)C1CCCC1=O. The molecule has 0 spiro atoms. The van der Waals surface area contributed by atoms with Gasteiger partial charge in [0.1, 0.15) is 6.07 Å². The van der Waals surface area contributed by atoms with Crippen LogP contribution in [0.15, 0.2) is 24.3 Å². The van der Waals surface area contributed by atoms with Crippen LogP contribution in [0.2, 0.25) is 0 Å². The number of hydrogen-bond donors (Lipinski definition) is 0. The Morgan fingerprint density at radius 3 is 2.81 bits per heavy atom. The summed E-state index contributed by atoms with van der Waals surface area (Å²) in [6, 6.07) is 9.53. The monoisotopic (exact) mass is 214 g/mol. The average molecular weight is 214 g/mol. The van der Waals surface area contributed by atoms with Gasteiger partial charge in [-0.2, -0.15) is 5.26 Å². The van der Waals surface area contributed by atoms with Gasteiger partial charge < -0.3 is 4.90 Å². The molecule has 0 aliphatic heterocycles. The lowest BCUT2D eigenvalue weighted by Crippen LogP contribution is -2.35. The normalized spacial score (nSPS) is 19.5. The second kappa shape index (κ2) is 4.36. The number of rotatable bonds is 2. The number of carbonyl (C=O) groups excluding carboxylic acids is 1. The highest BCUT2D eigenvalue weighted by Crippen LogP contribution is 2.26. The summed E-state index contributed by atoms with van der Waals surface area (Å²) in [7, 11) is 1.89. The number of para-hydroxylation sites is 1. The molecule has 0 bridgehead atoms. The van der Waals surface area contributed by atoms with Crippen LogP contribution in [0, 0.1) is 11.3 Å². The van der Waals surface area contributed by atoms with Crippen LogP contribution < -0.4 is 4.90 Å². The van der Waals surface area contributed by atoms with E-state index in [4.69, 9.17) is 5.26 Å². The minimum atomic E-state index is -0.0468. The van der Waals surface area contributed by atoms with E-state index in [9.17, 15) is 4.79 Å². The number of hydrogen-bond acceptors (Lipinski definition) is 3. The molecule has 0 radical (unpaired) electrons. The van der Waals surface area contributed by atoms with E-state index in [0.717, 1.165) is 18.5 Å². The van der Waals surface area contributed by atoms with Crippen LogP contribution in [0.4, 0.5) is 5.69 Å². The van der Waals surface area contributed by atoms with Crippen LogP contribution in [0.1, 0.15) is 24.8 Å². The molecule has 1 saturated carbocycles. The number of nitrogens with zero attached hydrogens (tertiary/aromatic N) is 2. The maximum atomic E-state index is 11.7. The van der Waals surface area contributed by atoms with Crippen LogP contribution >= 0.6 is 0 Å². The maximum Gasteiger partial charge on any atom is 0.155 e. The van der Waals surface area contributed by atoms with Crippen molar-refractivity contribution in [2.75, 3.05) is 11.9 Å². The average Bonchev–Trinajstić information content (AvgIpc) is 2.74. The molecule has 82 valence electrons. The lowest BCUT2D eigenvalue weighted by atomic mass is 10.1. The highest BCUT2D eigenvalue weighted by atomic mass is 16.1. The van der Waals surface area contributed by atoms with E-state index in [2.05, 4.69) is 6.07 Å². The minimum absolute atomic E-state index is 0.0468. The van der Waals surface area contributed by atoms with Gasteiger partial charge in [0.05, 0.1) is 17.3 Å². The molecule has 1 fully saturated rings. The molecule has 1 aromatic carbocycles. The Balaban J connectivity index is 2.30. The summed E-state index contributed by atoms with van der Waals surface area (Å²) in [5.41, 5.74) is 1.48. The van der Waals surface area contributed by atoms with Gasteiger partial charge in [-0.1, -0.05) is 12.1 Å². The molecular formula is C13H14N2O. The molecule has 0 saturated heterocycles. The molecule has 3 heteroatoms. The largest absolute Gasteiger partial charge is 0.363 e. The third-order valence-electron chi connectivity index (χ3n) is 3.14. The van der Waals surface area contributed by atoms with Crippen molar-refractivity contribution in [2.45, 2.75) is 25.3 Å². The number of nitriles is 1. The Bertz CT molecular complexity index is 447. The number of likely N-dealkylation sites (N-methyl/N-ethyl adjacent to an activating group) is 1. The van der Waals surface area contributed by atoms with Gasteiger partial charge in [0, 0.05) is 13.5 Å². The topological polar surface area (TPSA) is 44.1 Å². The van der Waals surface area contributed by atoms with Gasteiger partial charge in [-0.25, -0.2) is 0 Å². The van der Waals surface area contributed by atoms with Crippen LogP contribution in [-0.4, -0.2) is 18.9 Å². The van der Waals surface area contributed by atoms with Crippen molar-refractivity contribution in [3.63, 3.8) is 0 Å². The second-order valence-corrected chi connectivity index (χ2v) is 4.11. The summed E-state index contributed by atoms with van der Waals surface area (Å²) in [4.78, 5) is 13.6. The highest BCUT2D eigenvalue weighted by Gasteiger charge is 2.28. The molecule has 1 unspecified atom stereocenters. The predicted molar refractivity (Wildman–Crippen MR) is 62.2 cm³/mol. The Hall–Kier alpha value is -1.82. The Morgan fingerprint density at radius 2 is 2.19 bits per heavy atom. The maximum absolute atomic E-state index is 11.7. The van der Waals surface area contributed by atoms with Crippen molar-refractivity contribution in [3.05, 3.63) is 29.8 Å². The predicted octanol–water partition coefficient (Wildman–Crippen LogP) is 2.12. The number of carbonyl (C=O) groups is 1. The molecule has 0 aromatic heterocycles. The summed E-state index contributed by atoms with van der Waals surface area (Å²) in [6.45, 7) is 0. The first-order valence-electron chi connectivity index (χ1n) is 5.48. The third-order valence-corrected chi connectivity index (χ3v) is 3.14. The number of benzene rings is 1. The Morgan fingerprint density at radius 1 is 1.44 bits per heavy atom. The van der Waals surface area contributed by atoms with E-state index in [0.29, 0.717) is 12.0 Å². The van der Waals surface area contributed by atoms with Crippen molar-refractivity contribution >= 4 is 11.5 Å². The van der Waals surface area contributed by atoms with Gasteiger partial charge in [0.25, 0.3) is 0 Å². The molecule has 0 N–H and O–H groups in total. The second-order valence-electron chi connectivity index (χ2n) is 4.11. The minimum Gasteiger partial charge on any atom is -0.363 e. The highest BCUT2D eigenvalue weighted by molar-refractivity contribution is 5.89. The van der Waals surface area contributed by atoms with E-state index >= 15 is 0 Å².